The number of hydrogen-bond acceptors (Lipinski definition) is 2. The lowest BCUT2D eigenvalue weighted by molar-refractivity contribution is 0.474. The Balaban J connectivity index is 2.21. The first kappa shape index (κ1) is 14.6. The van der Waals surface area contributed by atoms with Crippen molar-refractivity contribution in [1.82, 2.24) is 0 Å². The van der Waals surface area contributed by atoms with Crippen LogP contribution in [0.15, 0.2) is 47.5 Å². The van der Waals surface area contributed by atoms with Crippen LogP contribution < -0.4 is 0 Å². The summed E-state index contributed by atoms with van der Waals surface area (Å²) in [6.45, 7) is 6.53. The Kier molecular flexibility index (Phi) is 4.15. The van der Waals surface area contributed by atoms with E-state index in [9.17, 15) is 5.11 Å². The Morgan fingerprint density at radius 1 is 1.05 bits per heavy atom. The molecule has 0 heterocycles. The molecule has 104 valence electrons. The lowest BCUT2D eigenvalue weighted by atomic mass is 9.87. The molecular weight excluding hydrogens is 270 g/mol. The number of aliphatic imine (C=N–C) groups is 1. The fourth-order valence-electron chi connectivity index (χ4n) is 1.82. The molecule has 3 heteroatoms. The second-order valence-electron chi connectivity index (χ2n) is 5.76. The SMILES string of the molecule is CC(C)(C)c1ccc(N=Cc2cc(Cl)ccc2O)cc1. The molecule has 0 saturated carbocycles. The monoisotopic (exact) mass is 287 g/mol. The minimum absolute atomic E-state index is 0.132. The van der Waals surface area contributed by atoms with E-state index in [2.05, 4.69) is 37.9 Å². The highest BCUT2D eigenvalue weighted by atomic mass is 35.5. The van der Waals surface area contributed by atoms with Crippen molar-refractivity contribution in [2.45, 2.75) is 26.2 Å². The van der Waals surface area contributed by atoms with Gasteiger partial charge in [0.1, 0.15) is 5.75 Å². The van der Waals surface area contributed by atoms with Crippen LogP contribution >= 0.6 is 11.6 Å². The number of halogens is 1. The summed E-state index contributed by atoms with van der Waals surface area (Å²) in [6.07, 6.45) is 1.62. The van der Waals surface area contributed by atoms with E-state index in [1.54, 1.807) is 24.4 Å². The van der Waals surface area contributed by atoms with Crippen LogP contribution in [0.1, 0.15) is 31.9 Å². The van der Waals surface area contributed by atoms with E-state index in [-0.39, 0.29) is 11.2 Å². The fraction of sp³-hybridized carbons (Fsp3) is 0.235. The van der Waals surface area contributed by atoms with E-state index in [0.29, 0.717) is 10.6 Å². The number of phenols is 1. The molecule has 2 aromatic carbocycles. The van der Waals surface area contributed by atoms with Crippen molar-refractivity contribution < 1.29 is 5.11 Å². The third-order valence-electron chi connectivity index (χ3n) is 3.08. The maximum absolute atomic E-state index is 9.71. The van der Waals surface area contributed by atoms with E-state index in [4.69, 9.17) is 11.6 Å². The zero-order valence-electron chi connectivity index (χ0n) is 11.9. The maximum atomic E-state index is 9.71. The molecule has 0 aliphatic rings. The predicted molar refractivity (Wildman–Crippen MR) is 85.5 cm³/mol. The first-order valence-electron chi connectivity index (χ1n) is 6.49. The summed E-state index contributed by atoms with van der Waals surface area (Å²) >= 11 is 5.90. The van der Waals surface area contributed by atoms with Gasteiger partial charge < -0.3 is 5.11 Å². The summed E-state index contributed by atoms with van der Waals surface area (Å²) in [6, 6.07) is 13.0. The first-order valence-corrected chi connectivity index (χ1v) is 6.87. The molecule has 0 radical (unpaired) electrons. The molecular formula is C17H18ClNO. The van der Waals surface area contributed by atoms with E-state index in [1.807, 2.05) is 12.1 Å². The van der Waals surface area contributed by atoms with Crippen LogP contribution in [0.25, 0.3) is 0 Å². The zero-order valence-corrected chi connectivity index (χ0v) is 12.6. The van der Waals surface area contributed by atoms with Gasteiger partial charge in [0.05, 0.1) is 5.69 Å². The lowest BCUT2D eigenvalue weighted by Crippen LogP contribution is -2.10. The highest BCUT2D eigenvalue weighted by Gasteiger charge is 2.12. The van der Waals surface area contributed by atoms with E-state index >= 15 is 0 Å². The van der Waals surface area contributed by atoms with Crippen LogP contribution in [0.3, 0.4) is 0 Å². The molecule has 0 bridgehead atoms. The summed E-state index contributed by atoms with van der Waals surface area (Å²) in [5, 5.41) is 10.3. The lowest BCUT2D eigenvalue weighted by Gasteiger charge is -2.18. The molecule has 0 fully saturated rings. The van der Waals surface area contributed by atoms with Crippen LogP contribution in [0.2, 0.25) is 5.02 Å². The van der Waals surface area contributed by atoms with Gasteiger partial charge in [0.15, 0.2) is 0 Å². The molecule has 0 aromatic heterocycles. The molecule has 0 aliphatic heterocycles. The van der Waals surface area contributed by atoms with Crippen LogP contribution in [0.4, 0.5) is 5.69 Å². The summed E-state index contributed by atoms with van der Waals surface area (Å²) in [7, 11) is 0. The van der Waals surface area contributed by atoms with Crippen LogP contribution in [-0.2, 0) is 5.41 Å². The Morgan fingerprint density at radius 2 is 1.70 bits per heavy atom. The zero-order chi connectivity index (χ0) is 14.8. The number of rotatable bonds is 2. The van der Waals surface area contributed by atoms with Gasteiger partial charge in [-0.2, -0.15) is 0 Å². The number of aromatic hydroxyl groups is 1. The van der Waals surface area contributed by atoms with Gasteiger partial charge in [-0.3, -0.25) is 4.99 Å². The summed E-state index contributed by atoms with van der Waals surface area (Å²) in [5.41, 5.74) is 2.85. The van der Waals surface area contributed by atoms with Crippen molar-refractivity contribution in [3.05, 3.63) is 58.6 Å². The van der Waals surface area contributed by atoms with E-state index < -0.39 is 0 Å². The quantitative estimate of drug-likeness (QED) is 0.766. The molecule has 0 aliphatic carbocycles. The largest absolute Gasteiger partial charge is 0.507 e. The molecule has 0 saturated heterocycles. The molecule has 0 amide bonds. The average Bonchev–Trinajstić information content (AvgIpc) is 2.39. The standard InChI is InChI=1S/C17H18ClNO/c1-17(2,3)13-4-7-15(8-5-13)19-11-12-10-14(18)6-9-16(12)20/h4-11,20H,1-3H3. The Bertz CT molecular complexity index is 624. The van der Waals surface area contributed by atoms with Gasteiger partial charge in [0.2, 0.25) is 0 Å². The Labute approximate surface area is 124 Å². The molecule has 2 aromatic rings. The van der Waals surface area contributed by atoms with Gasteiger partial charge in [-0.15, -0.1) is 0 Å². The predicted octanol–water partition coefficient (Wildman–Crippen LogP) is 5.09. The van der Waals surface area contributed by atoms with E-state index in [1.165, 1.54) is 5.56 Å². The van der Waals surface area contributed by atoms with Crippen molar-refractivity contribution in [3.8, 4) is 5.75 Å². The third-order valence-corrected chi connectivity index (χ3v) is 3.31. The minimum Gasteiger partial charge on any atom is -0.507 e. The maximum Gasteiger partial charge on any atom is 0.124 e. The van der Waals surface area contributed by atoms with Crippen LogP contribution in [0, 0.1) is 0 Å². The van der Waals surface area contributed by atoms with Gasteiger partial charge in [-0.1, -0.05) is 44.5 Å². The number of phenolic OH excluding ortho intramolecular Hbond substituents is 1. The smallest absolute Gasteiger partial charge is 0.124 e. The van der Waals surface area contributed by atoms with Crippen LogP contribution in [0.5, 0.6) is 5.75 Å². The highest BCUT2D eigenvalue weighted by Crippen LogP contribution is 2.25. The van der Waals surface area contributed by atoms with Crippen LogP contribution in [-0.4, -0.2) is 11.3 Å². The third kappa shape index (κ3) is 3.61. The van der Waals surface area contributed by atoms with E-state index in [0.717, 1.165) is 5.69 Å². The van der Waals surface area contributed by atoms with Crippen molar-refractivity contribution >= 4 is 23.5 Å². The molecule has 20 heavy (non-hydrogen) atoms. The summed E-state index contributed by atoms with van der Waals surface area (Å²) < 4.78 is 0. The molecule has 1 N–H and O–H groups in total. The Hall–Kier alpha value is -1.80. The second kappa shape index (κ2) is 5.68. The van der Waals surface area contributed by atoms with Gasteiger partial charge >= 0.3 is 0 Å². The average molecular weight is 288 g/mol. The van der Waals surface area contributed by atoms with Crippen molar-refractivity contribution in [3.63, 3.8) is 0 Å². The normalized spacial score (nSPS) is 12.0. The topological polar surface area (TPSA) is 32.6 Å². The summed E-state index contributed by atoms with van der Waals surface area (Å²) in [5.74, 6) is 0.171. The second-order valence-corrected chi connectivity index (χ2v) is 6.19. The number of benzene rings is 2. The first-order chi connectivity index (χ1) is 9.36. The molecule has 0 spiro atoms. The molecule has 2 rings (SSSR count). The van der Waals surface area contributed by atoms with Crippen molar-refractivity contribution in [1.29, 1.82) is 0 Å². The molecule has 0 unspecified atom stereocenters. The number of hydrogen-bond donors (Lipinski definition) is 1. The number of nitrogens with zero attached hydrogens (tertiary/aromatic N) is 1. The van der Waals surface area contributed by atoms with Gasteiger partial charge in [-0.05, 0) is 41.3 Å². The molecule has 0 atom stereocenters. The molecule has 2 nitrogen and oxygen atoms in total. The Morgan fingerprint density at radius 3 is 2.30 bits per heavy atom. The van der Waals surface area contributed by atoms with Gasteiger partial charge in [-0.25, -0.2) is 0 Å². The summed E-state index contributed by atoms with van der Waals surface area (Å²) in [4.78, 5) is 4.36. The fourth-order valence-corrected chi connectivity index (χ4v) is 2.00. The van der Waals surface area contributed by atoms with Gasteiger partial charge in [0.25, 0.3) is 0 Å². The van der Waals surface area contributed by atoms with Crippen molar-refractivity contribution in [2.75, 3.05) is 0 Å². The van der Waals surface area contributed by atoms with Gasteiger partial charge in [0, 0.05) is 16.8 Å². The highest BCUT2D eigenvalue weighted by molar-refractivity contribution is 6.30. The van der Waals surface area contributed by atoms with Crippen molar-refractivity contribution in [2.24, 2.45) is 4.99 Å². The minimum atomic E-state index is 0.132.